The van der Waals surface area contributed by atoms with Crippen LogP contribution >= 0.6 is 11.3 Å². The molecule has 0 saturated heterocycles. The summed E-state index contributed by atoms with van der Waals surface area (Å²) in [5, 5.41) is 8.85. The van der Waals surface area contributed by atoms with Gasteiger partial charge in [0, 0.05) is 16.0 Å². The van der Waals surface area contributed by atoms with Gasteiger partial charge in [-0.25, -0.2) is 0 Å². The molecule has 0 radical (unpaired) electrons. The molecule has 0 aliphatic rings. The van der Waals surface area contributed by atoms with E-state index in [-0.39, 0.29) is 24.4 Å². The van der Waals surface area contributed by atoms with E-state index in [1.807, 2.05) is 39.8 Å². The third-order valence-electron chi connectivity index (χ3n) is 3.73. The number of carbonyl (C=O) groups is 2. The second kappa shape index (κ2) is 7.13. The maximum Gasteiger partial charge on any atom is 0.226 e. The van der Waals surface area contributed by atoms with Gasteiger partial charge >= 0.3 is 0 Å². The summed E-state index contributed by atoms with van der Waals surface area (Å²) in [6.07, 6.45) is 0.697. The van der Waals surface area contributed by atoms with Gasteiger partial charge in [0.25, 0.3) is 0 Å². The molecular formula is C18H24N2O2S. The quantitative estimate of drug-likeness (QED) is 0.825. The Balaban J connectivity index is 1.87. The van der Waals surface area contributed by atoms with Crippen molar-refractivity contribution in [3.63, 3.8) is 0 Å². The van der Waals surface area contributed by atoms with E-state index in [4.69, 9.17) is 0 Å². The zero-order valence-electron chi connectivity index (χ0n) is 14.1. The van der Waals surface area contributed by atoms with Gasteiger partial charge in [0.1, 0.15) is 0 Å². The molecule has 2 aromatic rings. The summed E-state index contributed by atoms with van der Waals surface area (Å²) in [5.41, 5.74) is 0.748. The molecule has 124 valence electrons. The average Bonchev–Trinajstić information content (AvgIpc) is 2.89. The fourth-order valence-electron chi connectivity index (χ4n) is 2.26. The molecule has 4 nitrogen and oxygen atoms in total. The topological polar surface area (TPSA) is 58.2 Å². The minimum absolute atomic E-state index is 0.0468. The number of hydrogen-bond acceptors (Lipinski definition) is 3. The maximum atomic E-state index is 12.2. The van der Waals surface area contributed by atoms with Crippen molar-refractivity contribution >= 4 is 33.2 Å². The number of carbonyl (C=O) groups excluding carboxylic acids is 2. The maximum absolute atomic E-state index is 12.2. The molecule has 5 heteroatoms. The van der Waals surface area contributed by atoms with Crippen LogP contribution in [0.2, 0.25) is 0 Å². The third kappa shape index (κ3) is 4.55. The number of rotatable bonds is 5. The zero-order valence-corrected chi connectivity index (χ0v) is 14.9. The van der Waals surface area contributed by atoms with Crippen LogP contribution in [0, 0.1) is 11.3 Å². The number of benzene rings is 1. The van der Waals surface area contributed by atoms with Crippen molar-refractivity contribution < 1.29 is 9.59 Å². The van der Waals surface area contributed by atoms with Crippen molar-refractivity contribution in [2.24, 2.45) is 11.3 Å². The molecule has 1 aromatic carbocycles. The van der Waals surface area contributed by atoms with Crippen molar-refractivity contribution in [1.82, 2.24) is 10.6 Å². The van der Waals surface area contributed by atoms with Crippen LogP contribution in [-0.4, -0.2) is 18.5 Å². The first-order valence-electron chi connectivity index (χ1n) is 7.80. The Morgan fingerprint density at radius 2 is 1.87 bits per heavy atom. The van der Waals surface area contributed by atoms with Crippen LogP contribution in [0.3, 0.4) is 0 Å². The van der Waals surface area contributed by atoms with Crippen LogP contribution in [-0.2, 0) is 16.0 Å². The van der Waals surface area contributed by atoms with Gasteiger partial charge in [-0.05, 0) is 28.8 Å². The minimum Gasteiger partial charge on any atom is -0.338 e. The van der Waals surface area contributed by atoms with Crippen LogP contribution in [0.25, 0.3) is 10.1 Å². The van der Waals surface area contributed by atoms with Crippen molar-refractivity contribution in [2.75, 3.05) is 6.67 Å². The molecule has 0 unspecified atom stereocenters. The second-order valence-electron chi connectivity index (χ2n) is 6.84. The Hall–Kier alpha value is -1.88. The van der Waals surface area contributed by atoms with Gasteiger partial charge in [0.2, 0.25) is 11.8 Å². The predicted octanol–water partition coefficient (Wildman–Crippen LogP) is 3.32. The summed E-state index contributed by atoms with van der Waals surface area (Å²) in [7, 11) is 0. The van der Waals surface area contributed by atoms with E-state index in [1.54, 1.807) is 11.3 Å². The molecule has 0 spiro atoms. The molecule has 0 fully saturated rings. The molecule has 0 aliphatic carbocycles. The van der Waals surface area contributed by atoms with Crippen molar-refractivity contribution in [2.45, 2.75) is 34.1 Å². The first kappa shape index (κ1) is 17.5. The molecule has 0 aliphatic heterocycles. The Morgan fingerprint density at radius 1 is 1.17 bits per heavy atom. The summed E-state index contributed by atoms with van der Waals surface area (Å²) in [5.74, 6) is -0.261. The Bertz CT molecular complexity index is 700. The number of hydrogen-bond donors (Lipinski definition) is 2. The van der Waals surface area contributed by atoms with Gasteiger partial charge < -0.3 is 10.6 Å². The first-order chi connectivity index (χ1) is 10.8. The normalized spacial score (nSPS) is 12.9. The SMILES string of the molecule is C[C@H](Cc1csc2ccccc12)C(=O)NCNC(=O)C(C)(C)C. The van der Waals surface area contributed by atoms with Gasteiger partial charge in [-0.3, -0.25) is 9.59 Å². The summed E-state index contributed by atoms with van der Waals surface area (Å²) < 4.78 is 1.24. The lowest BCUT2D eigenvalue weighted by Crippen LogP contribution is -2.43. The largest absolute Gasteiger partial charge is 0.338 e. The van der Waals surface area contributed by atoms with Crippen molar-refractivity contribution in [3.05, 3.63) is 35.2 Å². The highest BCUT2D eigenvalue weighted by Crippen LogP contribution is 2.27. The summed E-state index contributed by atoms with van der Waals surface area (Å²) in [6, 6.07) is 8.23. The fraction of sp³-hybridized carbons (Fsp3) is 0.444. The van der Waals surface area contributed by atoms with Crippen LogP contribution in [0.1, 0.15) is 33.3 Å². The molecule has 2 rings (SSSR count). The van der Waals surface area contributed by atoms with Crippen molar-refractivity contribution in [1.29, 1.82) is 0 Å². The predicted molar refractivity (Wildman–Crippen MR) is 95.3 cm³/mol. The molecule has 23 heavy (non-hydrogen) atoms. The van der Waals surface area contributed by atoms with E-state index in [1.165, 1.54) is 15.6 Å². The second-order valence-corrected chi connectivity index (χ2v) is 7.75. The van der Waals surface area contributed by atoms with E-state index in [0.717, 1.165) is 0 Å². The summed E-state index contributed by atoms with van der Waals surface area (Å²) in [6.45, 7) is 7.61. The smallest absolute Gasteiger partial charge is 0.226 e. The first-order valence-corrected chi connectivity index (χ1v) is 8.68. The lowest BCUT2D eigenvalue weighted by Gasteiger charge is -2.18. The molecule has 2 N–H and O–H groups in total. The minimum atomic E-state index is -0.452. The highest BCUT2D eigenvalue weighted by atomic mass is 32.1. The van der Waals surface area contributed by atoms with Gasteiger partial charge in [-0.1, -0.05) is 45.9 Å². The highest BCUT2D eigenvalue weighted by molar-refractivity contribution is 7.17. The van der Waals surface area contributed by atoms with Gasteiger partial charge in [0.15, 0.2) is 0 Å². The van der Waals surface area contributed by atoms with E-state index < -0.39 is 5.41 Å². The van der Waals surface area contributed by atoms with Crippen molar-refractivity contribution in [3.8, 4) is 0 Å². The molecule has 1 aromatic heterocycles. The molecule has 1 heterocycles. The lowest BCUT2D eigenvalue weighted by molar-refractivity contribution is -0.129. The van der Waals surface area contributed by atoms with Gasteiger partial charge in [0.05, 0.1) is 6.67 Å². The van der Waals surface area contributed by atoms with Crippen LogP contribution < -0.4 is 10.6 Å². The number of nitrogens with one attached hydrogen (secondary N) is 2. The standard InChI is InChI=1S/C18H24N2O2S/c1-12(16(21)19-11-20-17(22)18(2,3)4)9-13-10-23-15-8-6-5-7-14(13)15/h5-8,10,12H,9,11H2,1-4H3,(H,19,21)(H,20,22)/t12-/m1/s1. The fourth-order valence-corrected chi connectivity index (χ4v) is 3.24. The molecule has 0 bridgehead atoms. The van der Waals surface area contributed by atoms with Crippen LogP contribution in [0.4, 0.5) is 0 Å². The molecule has 1 atom stereocenters. The number of thiophene rings is 1. The number of fused-ring (bicyclic) bond motifs is 1. The lowest BCUT2D eigenvalue weighted by atomic mass is 9.96. The molecular weight excluding hydrogens is 308 g/mol. The molecule has 2 amide bonds. The highest BCUT2D eigenvalue weighted by Gasteiger charge is 2.21. The van der Waals surface area contributed by atoms with Crippen LogP contribution in [0.5, 0.6) is 0 Å². The third-order valence-corrected chi connectivity index (χ3v) is 4.74. The Kier molecular flexibility index (Phi) is 5.42. The number of amides is 2. The average molecular weight is 332 g/mol. The zero-order chi connectivity index (χ0) is 17.0. The summed E-state index contributed by atoms with van der Waals surface area (Å²) in [4.78, 5) is 23.9. The van der Waals surface area contributed by atoms with Crippen LogP contribution in [0.15, 0.2) is 29.6 Å². The van der Waals surface area contributed by atoms with E-state index in [2.05, 4.69) is 28.1 Å². The summed E-state index contributed by atoms with van der Waals surface area (Å²) >= 11 is 1.70. The van der Waals surface area contributed by atoms with Gasteiger partial charge in [-0.15, -0.1) is 11.3 Å². The Labute approximate surface area is 141 Å². The molecule has 0 saturated carbocycles. The van der Waals surface area contributed by atoms with E-state index in [0.29, 0.717) is 6.42 Å². The van der Waals surface area contributed by atoms with E-state index >= 15 is 0 Å². The van der Waals surface area contributed by atoms with Gasteiger partial charge in [-0.2, -0.15) is 0 Å². The monoisotopic (exact) mass is 332 g/mol. The Morgan fingerprint density at radius 3 is 2.57 bits per heavy atom. The van der Waals surface area contributed by atoms with E-state index in [9.17, 15) is 9.59 Å².